The zero-order valence-corrected chi connectivity index (χ0v) is 20.4. The van der Waals surface area contributed by atoms with Crippen molar-refractivity contribution in [1.82, 2.24) is 0 Å². The second kappa shape index (κ2) is 24.3. The van der Waals surface area contributed by atoms with Gasteiger partial charge in [-0.3, -0.25) is 0 Å². The molecule has 174 valence electrons. The Kier molecular flexibility index (Phi) is 26.1. The van der Waals surface area contributed by atoms with Gasteiger partial charge in [-0.05, 0) is 19.1 Å². The molecule has 7 heteroatoms. The van der Waals surface area contributed by atoms with Crippen LogP contribution in [0.3, 0.4) is 0 Å². The largest absolute Gasteiger partial charge is 0.466 e. The molecule has 0 aliphatic carbocycles. The summed E-state index contributed by atoms with van der Waals surface area (Å²) in [6, 6.07) is 0. The van der Waals surface area contributed by atoms with E-state index in [9.17, 15) is 0 Å². The molecule has 0 aliphatic rings. The van der Waals surface area contributed by atoms with Crippen molar-refractivity contribution in [3.05, 3.63) is 0 Å². The van der Waals surface area contributed by atoms with Gasteiger partial charge in [-0.1, -0.05) is 96.3 Å². The molecule has 0 radical (unpaired) electrons. The van der Waals surface area contributed by atoms with Crippen molar-refractivity contribution in [3.63, 3.8) is 0 Å². The van der Waals surface area contributed by atoms with Crippen LogP contribution in [-0.2, 0) is 4.57 Å². The highest BCUT2D eigenvalue weighted by Gasteiger charge is 2.02. The van der Waals surface area contributed by atoms with E-state index in [0.29, 0.717) is 0 Å². The van der Waals surface area contributed by atoms with Crippen LogP contribution in [0, 0.1) is 17.8 Å². The van der Waals surface area contributed by atoms with E-state index >= 15 is 0 Å². The lowest BCUT2D eigenvalue weighted by atomic mass is 10.0. The second-order valence-corrected chi connectivity index (χ2v) is 9.63. The van der Waals surface area contributed by atoms with Gasteiger partial charge in [-0.2, -0.15) is 11.8 Å². The van der Waals surface area contributed by atoms with Crippen molar-refractivity contribution in [1.29, 1.82) is 0 Å². The Morgan fingerprint density at radius 1 is 0.793 bits per heavy atom. The summed E-state index contributed by atoms with van der Waals surface area (Å²) in [6.07, 6.45) is 19.9. The number of aliphatic hydroxyl groups excluding tert-OH is 1. The van der Waals surface area contributed by atoms with E-state index in [4.69, 9.17) is 24.4 Å². The van der Waals surface area contributed by atoms with Gasteiger partial charge in [-0.15, -0.1) is 5.92 Å². The summed E-state index contributed by atoms with van der Waals surface area (Å²) in [5.41, 5.74) is 0. The van der Waals surface area contributed by atoms with Crippen molar-refractivity contribution in [2.75, 3.05) is 18.1 Å². The van der Waals surface area contributed by atoms with E-state index in [1.165, 1.54) is 95.6 Å². The molecule has 0 aromatic heterocycles. The maximum atomic E-state index is 9.17. The zero-order chi connectivity index (χ0) is 22.2. The minimum atomic E-state index is -4.64. The fourth-order valence-electron chi connectivity index (χ4n) is 2.97. The maximum absolute atomic E-state index is 9.17. The first-order valence-corrected chi connectivity index (χ1v) is 14.0. The summed E-state index contributed by atoms with van der Waals surface area (Å²) in [4.78, 5) is 21.6. The van der Waals surface area contributed by atoms with E-state index in [2.05, 4.69) is 18.8 Å². The van der Waals surface area contributed by atoms with Crippen molar-refractivity contribution >= 4 is 19.6 Å². The molecule has 0 rings (SSSR count). The Morgan fingerprint density at radius 2 is 1.17 bits per heavy atom. The number of hydrogen-bond acceptors (Lipinski definition) is 3. The summed E-state index contributed by atoms with van der Waals surface area (Å²) in [7, 11) is -4.64. The van der Waals surface area contributed by atoms with Crippen LogP contribution in [0.25, 0.3) is 0 Å². The third-order valence-corrected chi connectivity index (χ3v) is 5.75. The highest BCUT2D eigenvalue weighted by Crippen LogP contribution is 2.25. The van der Waals surface area contributed by atoms with Gasteiger partial charge in [0.15, 0.2) is 0 Å². The van der Waals surface area contributed by atoms with Crippen molar-refractivity contribution in [3.8, 4) is 11.8 Å². The lowest BCUT2D eigenvalue weighted by Crippen LogP contribution is -2.06. The Morgan fingerprint density at radius 3 is 1.52 bits per heavy atom. The molecule has 0 amide bonds. The molecular weight excluding hydrogens is 407 g/mol. The van der Waals surface area contributed by atoms with Gasteiger partial charge in [0.05, 0.1) is 12.5 Å². The van der Waals surface area contributed by atoms with Gasteiger partial charge in [-0.25, -0.2) is 4.57 Å². The van der Waals surface area contributed by atoms with Crippen molar-refractivity contribution in [2.24, 2.45) is 5.92 Å². The molecule has 5 nitrogen and oxygen atoms in total. The van der Waals surface area contributed by atoms with Crippen LogP contribution in [0.15, 0.2) is 0 Å². The smallest absolute Gasteiger partial charge is 0.395 e. The van der Waals surface area contributed by atoms with Crippen LogP contribution < -0.4 is 0 Å². The predicted octanol–water partition coefficient (Wildman–Crippen LogP) is 5.90. The number of phosphoric acid groups is 1. The average molecular weight is 453 g/mol. The summed E-state index contributed by atoms with van der Waals surface area (Å²) in [6.45, 7) is 4.34. The molecule has 1 atom stereocenters. The van der Waals surface area contributed by atoms with Gasteiger partial charge in [0.1, 0.15) is 0 Å². The minimum Gasteiger partial charge on any atom is -0.395 e. The Hall–Kier alpha value is -0.0200. The lowest BCUT2D eigenvalue weighted by molar-refractivity contribution is 0.268. The fourth-order valence-corrected chi connectivity index (χ4v) is 4.02. The topological polar surface area (TPSA) is 98.0 Å². The molecule has 0 aromatic rings. The number of thioether (sulfide) groups is 1. The summed E-state index contributed by atoms with van der Waals surface area (Å²) < 4.78 is 8.88. The molecule has 0 aliphatic heterocycles. The molecule has 0 heterocycles. The summed E-state index contributed by atoms with van der Waals surface area (Å²) in [5.74, 6) is 8.34. The molecular formula is C22H45O5PS. The Bertz CT molecular complexity index is 422. The Balaban J connectivity index is 0. The number of rotatable bonds is 18. The van der Waals surface area contributed by atoms with Gasteiger partial charge in [0, 0.05) is 5.75 Å². The first-order chi connectivity index (χ1) is 13.8. The molecule has 0 spiro atoms. The van der Waals surface area contributed by atoms with Gasteiger partial charge in [0.2, 0.25) is 0 Å². The first-order valence-electron chi connectivity index (χ1n) is 11.2. The molecule has 0 saturated heterocycles. The molecule has 1 unspecified atom stereocenters. The van der Waals surface area contributed by atoms with Crippen LogP contribution in [0.4, 0.5) is 0 Å². The first kappa shape index (κ1) is 31.2. The monoisotopic (exact) mass is 452 g/mol. The van der Waals surface area contributed by atoms with Gasteiger partial charge >= 0.3 is 7.82 Å². The van der Waals surface area contributed by atoms with Crippen LogP contribution in [0.2, 0.25) is 0 Å². The third kappa shape index (κ3) is 35.8. The highest BCUT2D eigenvalue weighted by atomic mass is 32.2. The van der Waals surface area contributed by atoms with E-state index in [0.717, 1.165) is 5.75 Å². The molecule has 0 fully saturated rings. The lowest BCUT2D eigenvalue weighted by Gasteiger charge is -2.06. The third-order valence-electron chi connectivity index (χ3n) is 4.53. The number of hydrogen-bond donors (Lipinski definition) is 4. The van der Waals surface area contributed by atoms with Gasteiger partial charge in [0.25, 0.3) is 0 Å². The fraction of sp³-hybridized carbons (Fsp3) is 0.909. The second-order valence-electron chi connectivity index (χ2n) is 7.46. The molecule has 0 saturated carbocycles. The number of unbranched alkanes of at least 4 members (excludes halogenated alkanes) is 13. The SMILES string of the molecule is CC#CC(CO)CSCCCCCCCCCCCCCCCC.O=P(O)(O)O. The predicted molar refractivity (Wildman–Crippen MR) is 126 cm³/mol. The maximum Gasteiger partial charge on any atom is 0.466 e. The van der Waals surface area contributed by atoms with Crippen molar-refractivity contribution < 1.29 is 24.4 Å². The molecule has 29 heavy (non-hydrogen) atoms. The van der Waals surface area contributed by atoms with Crippen LogP contribution in [-0.4, -0.2) is 37.9 Å². The zero-order valence-electron chi connectivity index (χ0n) is 18.7. The number of aliphatic hydroxyl groups is 1. The quantitative estimate of drug-likeness (QED) is 0.117. The summed E-state index contributed by atoms with van der Waals surface area (Å²) >= 11 is 1.95. The standard InChI is InChI=1S/C22H42OS.H3O4P/c1-3-5-6-7-8-9-10-11-12-13-14-15-16-17-19-24-21-22(20-23)18-4-2;1-5(2,3)4/h22-23H,3,5-17,19-21H2,1-2H3;(H3,1,2,3,4). The van der Waals surface area contributed by atoms with Crippen molar-refractivity contribution in [2.45, 2.75) is 104 Å². The normalized spacial score (nSPS) is 11.9. The van der Waals surface area contributed by atoms with Gasteiger partial charge < -0.3 is 19.8 Å². The van der Waals surface area contributed by atoms with E-state index in [1.54, 1.807) is 0 Å². The Labute approximate surface area is 183 Å². The minimum absolute atomic E-state index is 0.173. The molecule has 4 N–H and O–H groups in total. The molecule has 0 aromatic carbocycles. The van der Waals surface area contributed by atoms with Crippen LogP contribution in [0.5, 0.6) is 0 Å². The van der Waals surface area contributed by atoms with E-state index in [1.807, 2.05) is 18.7 Å². The molecule has 0 bridgehead atoms. The van der Waals surface area contributed by atoms with Crippen LogP contribution >= 0.6 is 19.6 Å². The van der Waals surface area contributed by atoms with E-state index in [-0.39, 0.29) is 12.5 Å². The van der Waals surface area contributed by atoms with Crippen LogP contribution in [0.1, 0.15) is 104 Å². The highest BCUT2D eigenvalue weighted by molar-refractivity contribution is 7.99. The average Bonchev–Trinajstić information content (AvgIpc) is 2.65. The summed E-state index contributed by atoms with van der Waals surface area (Å²) in [5, 5.41) is 9.17. The van der Waals surface area contributed by atoms with E-state index < -0.39 is 7.82 Å².